The van der Waals surface area contributed by atoms with Gasteiger partial charge in [-0.2, -0.15) is 13.2 Å². The minimum absolute atomic E-state index is 0.0249. The first-order valence-corrected chi connectivity index (χ1v) is 13.5. The lowest BCUT2D eigenvalue weighted by Crippen LogP contribution is -2.49. The van der Waals surface area contributed by atoms with Crippen molar-refractivity contribution in [1.29, 1.82) is 0 Å². The number of halogens is 4. The van der Waals surface area contributed by atoms with Crippen molar-refractivity contribution in [2.24, 2.45) is 13.0 Å². The minimum atomic E-state index is -4.62. The lowest BCUT2D eigenvalue weighted by Gasteiger charge is -2.42. The van der Waals surface area contributed by atoms with E-state index in [2.05, 4.69) is 10.2 Å². The van der Waals surface area contributed by atoms with Crippen molar-refractivity contribution < 1.29 is 27.1 Å². The average molecular weight is 558 g/mol. The van der Waals surface area contributed by atoms with Crippen LogP contribution >= 0.6 is 0 Å². The predicted molar refractivity (Wildman–Crippen MR) is 140 cm³/mol. The fraction of sp³-hybridized carbons (Fsp3) is 0.483. The Kier molecular flexibility index (Phi) is 6.69. The maximum absolute atomic E-state index is 14.3. The molecule has 0 aliphatic carbocycles. The number of piperidine rings is 1. The van der Waals surface area contributed by atoms with Gasteiger partial charge in [0.2, 0.25) is 0 Å². The minimum Gasteiger partial charge on any atom is -0.379 e. The van der Waals surface area contributed by atoms with Gasteiger partial charge in [-0.3, -0.25) is 9.69 Å². The summed E-state index contributed by atoms with van der Waals surface area (Å²) in [6, 6.07) is 10.1. The zero-order chi connectivity index (χ0) is 28.2. The number of fused-ring (bicyclic) bond motifs is 1. The number of anilines is 1. The predicted octanol–water partition coefficient (Wildman–Crippen LogP) is 4.68. The van der Waals surface area contributed by atoms with E-state index in [1.54, 1.807) is 18.5 Å². The third-order valence-electron chi connectivity index (χ3n) is 8.59. The van der Waals surface area contributed by atoms with Crippen molar-refractivity contribution in [3.05, 3.63) is 76.4 Å². The van der Waals surface area contributed by atoms with Gasteiger partial charge >= 0.3 is 6.18 Å². The van der Waals surface area contributed by atoms with Gasteiger partial charge in [0.25, 0.3) is 5.91 Å². The van der Waals surface area contributed by atoms with E-state index in [-0.39, 0.29) is 42.1 Å². The van der Waals surface area contributed by atoms with Gasteiger partial charge in [0.05, 0.1) is 25.3 Å². The molecule has 2 saturated heterocycles. The first kappa shape index (κ1) is 26.9. The van der Waals surface area contributed by atoms with E-state index in [0.717, 1.165) is 17.5 Å². The van der Waals surface area contributed by atoms with Crippen molar-refractivity contribution in [3.63, 3.8) is 0 Å². The van der Waals surface area contributed by atoms with Crippen LogP contribution in [0, 0.1) is 5.92 Å². The fourth-order valence-corrected chi connectivity index (χ4v) is 6.00. The van der Waals surface area contributed by atoms with E-state index in [4.69, 9.17) is 4.74 Å². The number of alkyl halides is 4. The van der Waals surface area contributed by atoms with Gasteiger partial charge in [0.1, 0.15) is 18.3 Å². The highest BCUT2D eigenvalue weighted by Gasteiger charge is 2.43. The quantitative estimate of drug-likeness (QED) is 0.412. The molecule has 3 aliphatic rings. The molecule has 3 aliphatic heterocycles. The Balaban J connectivity index is 1.30. The number of amides is 1. The first-order chi connectivity index (χ1) is 19.0. The molecule has 1 aromatic heterocycles. The Hall–Kier alpha value is -3.31. The van der Waals surface area contributed by atoms with Crippen LogP contribution in [-0.2, 0) is 42.9 Å². The van der Waals surface area contributed by atoms with Crippen LogP contribution in [0.25, 0.3) is 0 Å². The standard InChI is InChI=1S/C29H31F4N5O2/c1-18-6-7-37(14-25(18)30)12-19-8-22-23(24(9-19)29(31,32)33)13-38(27(22)39)21-5-3-4-20(10-21)28(15-40-16-28)11-26-35-34-17-36(26)2/h3-5,8-10,17-18,25H,6-7,11-16H2,1-2H3/t18-,25-/m1/s1. The van der Waals surface area contributed by atoms with Crippen LogP contribution in [0.4, 0.5) is 23.2 Å². The van der Waals surface area contributed by atoms with Crippen LogP contribution in [0.3, 0.4) is 0 Å². The van der Waals surface area contributed by atoms with E-state index in [1.807, 2.05) is 41.6 Å². The highest BCUT2D eigenvalue weighted by atomic mass is 19.4. The number of benzene rings is 2. The van der Waals surface area contributed by atoms with Crippen LogP contribution in [-0.4, -0.2) is 58.0 Å². The Labute approximate surface area is 229 Å². The molecule has 0 unspecified atom stereocenters. The maximum Gasteiger partial charge on any atom is 0.416 e. The number of carbonyl (C=O) groups excluding carboxylic acids is 1. The van der Waals surface area contributed by atoms with Crippen LogP contribution in [0.1, 0.15) is 51.8 Å². The summed E-state index contributed by atoms with van der Waals surface area (Å²) in [7, 11) is 1.87. The zero-order valence-corrected chi connectivity index (χ0v) is 22.4. The summed E-state index contributed by atoms with van der Waals surface area (Å²) in [6.45, 7) is 3.54. The number of rotatable bonds is 6. The molecule has 2 fully saturated rings. The molecular weight excluding hydrogens is 526 g/mol. The monoisotopic (exact) mass is 557 g/mol. The van der Waals surface area contributed by atoms with Gasteiger partial charge in [-0.1, -0.05) is 19.1 Å². The Morgan fingerprint density at radius 2 is 1.98 bits per heavy atom. The second kappa shape index (κ2) is 9.95. The summed E-state index contributed by atoms with van der Waals surface area (Å²) < 4.78 is 64.4. The molecule has 0 radical (unpaired) electrons. The molecule has 7 nitrogen and oxygen atoms in total. The highest BCUT2D eigenvalue weighted by Crippen LogP contribution is 2.42. The van der Waals surface area contributed by atoms with E-state index in [0.29, 0.717) is 43.9 Å². The second-order valence-electron chi connectivity index (χ2n) is 11.4. The summed E-state index contributed by atoms with van der Waals surface area (Å²) >= 11 is 0. The summed E-state index contributed by atoms with van der Waals surface area (Å²) in [6.07, 6.45) is -2.79. The van der Waals surface area contributed by atoms with Crippen molar-refractivity contribution in [2.75, 3.05) is 31.2 Å². The summed E-state index contributed by atoms with van der Waals surface area (Å²) in [5.74, 6) is 0.254. The van der Waals surface area contributed by atoms with Gasteiger partial charge in [-0.15, -0.1) is 10.2 Å². The Morgan fingerprint density at radius 3 is 2.62 bits per heavy atom. The van der Waals surface area contributed by atoms with Crippen LogP contribution < -0.4 is 4.90 Å². The normalized spacial score (nSPS) is 22.9. The lowest BCUT2D eigenvalue weighted by molar-refractivity contribution is -0.138. The van der Waals surface area contributed by atoms with Crippen molar-refractivity contribution in [3.8, 4) is 0 Å². The highest BCUT2D eigenvalue weighted by molar-refractivity contribution is 6.10. The number of carbonyl (C=O) groups is 1. The number of hydrogen-bond donors (Lipinski definition) is 0. The third-order valence-corrected chi connectivity index (χ3v) is 8.59. The molecule has 4 heterocycles. The molecule has 0 bridgehead atoms. The fourth-order valence-electron chi connectivity index (χ4n) is 6.00. The van der Waals surface area contributed by atoms with E-state index >= 15 is 0 Å². The Bertz CT molecular complexity index is 1430. The van der Waals surface area contributed by atoms with Crippen LogP contribution in [0.15, 0.2) is 42.7 Å². The van der Waals surface area contributed by atoms with E-state index in [9.17, 15) is 22.4 Å². The van der Waals surface area contributed by atoms with E-state index in [1.165, 1.54) is 4.90 Å². The first-order valence-electron chi connectivity index (χ1n) is 13.5. The smallest absolute Gasteiger partial charge is 0.379 e. The molecule has 40 heavy (non-hydrogen) atoms. The number of ether oxygens (including phenoxy) is 1. The number of nitrogens with zero attached hydrogens (tertiary/aromatic N) is 5. The molecular formula is C29H31F4N5O2. The third kappa shape index (κ3) is 4.79. The van der Waals surface area contributed by atoms with Crippen molar-refractivity contribution >= 4 is 11.6 Å². The topological polar surface area (TPSA) is 63.5 Å². The zero-order valence-electron chi connectivity index (χ0n) is 22.4. The van der Waals surface area contributed by atoms with Gasteiger partial charge in [0.15, 0.2) is 0 Å². The Morgan fingerprint density at radius 1 is 1.18 bits per heavy atom. The van der Waals surface area contributed by atoms with Gasteiger partial charge in [-0.05, 0) is 59.8 Å². The molecule has 2 atom stereocenters. The molecule has 3 aromatic rings. The number of hydrogen-bond acceptors (Lipinski definition) is 5. The molecule has 0 saturated carbocycles. The molecule has 1 amide bonds. The SMILES string of the molecule is C[C@@H]1CCN(Cc2cc3c(c(C(F)(F)F)c2)CN(c2cccc(C4(Cc5nncn5C)COC4)c2)C3=O)C[C@H]1F. The second-order valence-corrected chi connectivity index (χ2v) is 11.4. The number of aryl methyl sites for hydroxylation is 1. The number of aromatic nitrogens is 3. The lowest BCUT2D eigenvalue weighted by atomic mass is 9.75. The molecule has 212 valence electrons. The number of likely N-dealkylation sites (tertiary alicyclic amines) is 1. The summed E-state index contributed by atoms with van der Waals surface area (Å²) in [4.78, 5) is 16.8. The van der Waals surface area contributed by atoms with Crippen molar-refractivity contribution in [2.45, 2.75) is 50.6 Å². The molecule has 2 aromatic carbocycles. The van der Waals surface area contributed by atoms with Gasteiger partial charge in [-0.25, -0.2) is 4.39 Å². The van der Waals surface area contributed by atoms with Crippen LogP contribution in [0.2, 0.25) is 0 Å². The van der Waals surface area contributed by atoms with Gasteiger partial charge < -0.3 is 14.2 Å². The van der Waals surface area contributed by atoms with Crippen LogP contribution in [0.5, 0.6) is 0 Å². The molecule has 6 rings (SSSR count). The van der Waals surface area contributed by atoms with E-state index < -0.39 is 23.8 Å². The molecule has 11 heteroatoms. The average Bonchev–Trinajstić information content (AvgIpc) is 3.45. The largest absolute Gasteiger partial charge is 0.416 e. The van der Waals surface area contributed by atoms with Crippen molar-refractivity contribution in [1.82, 2.24) is 19.7 Å². The van der Waals surface area contributed by atoms with Gasteiger partial charge in [0, 0.05) is 43.2 Å². The summed E-state index contributed by atoms with van der Waals surface area (Å²) in [5, 5.41) is 8.16. The molecule has 0 spiro atoms. The maximum atomic E-state index is 14.3. The molecule has 0 N–H and O–H groups in total. The summed E-state index contributed by atoms with van der Waals surface area (Å²) in [5.41, 5.74) is 0.687.